The molecular weight excluding hydrogens is 186 g/mol. The van der Waals surface area contributed by atoms with Gasteiger partial charge in [-0.2, -0.15) is 0 Å². The van der Waals surface area contributed by atoms with Crippen LogP contribution in [-0.2, 0) is 0 Å². The van der Waals surface area contributed by atoms with Gasteiger partial charge in [0, 0.05) is 6.54 Å². The second-order valence-electron chi connectivity index (χ2n) is 4.13. The van der Waals surface area contributed by atoms with E-state index in [9.17, 15) is 0 Å². The predicted molar refractivity (Wildman–Crippen MR) is 65.0 cm³/mol. The summed E-state index contributed by atoms with van der Waals surface area (Å²) in [5, 5.41) is 3.44. The van der Waals surface area contributed by atoms with Crippen molar-refractivity contribution in [2.75, 3.05) is 39.6 Å². The third-order valence-electron chi connectivity index (χ3n) is 2.70. The SMILES string of the molecule is C=CCN1CNC[N+](CC=C)(CC=C)C1. The number of hydrogen-bond donors (Lipinski definition) is 1. The molecule has 0 unspecified atom stereocenters. The molecule has 1 heterocycles. The van der Waals surface area contributed by atoms with Gasteiger partial charge in [-0.3, -0.25) is 9.80 Å². The van der Waals surface area contributed by atoms with Gasteiger partial charge < -0.3 is 0 Å². The van der Waals surface area contributed by atoms with E-state index >= 15 is 0 Å². The Morgan fingerprint density at radius 1 is 1.13 bits per heavy atom. The topological polar surface area (TPSA) is 15.3 Å². The van der Waals surface area contributed by atoms with Gasteiger partial charge in [-0.05, 0) is 12.2 Å². The predicted octanol–water partition coefficient (Wildman–Crippen LogP) is 1.14. The monoisotopic (exact) mass is 208 g/mol. The van der Waals surface area contributed by atoms with E-state index in [2.05, 4.69) is 30.0 Å². The standard InChI is InChI=1S/C12H22N3/c1-4-7-14-10-13-11-15(12-14,8-5-2)9-6-3/h4-6,13H,1-3,7-12H2/q+1. The van der Waals surface area contributed by atoms with E-state index in [0.29, 0.717) is 0 Å². The quantitative estimate of drug-likeness (QED) is 0.520. The molecular formula is C12H22N3+. The van der Waals surface area contributed by atoms with Crippen LogP contribution >= 0.6 is 0 Å². The van der Waals surface area contributed by atoms with Crippen LogP contribution in [0.4, 0.5) is 0 Å². The Morgan fingerprint density at radius 3 is 2.33 bits per heavy atom. The van der Waals surface area contributed by atoms with E-state index in [-0.39, 0.29) is 0 Å². The Balaban J connectivity index is 2.64. The molecule has 1 N–H and O–H groups in total. The summed E-state index contributed by atoms with van der Waals surface area (Å²) in [6, 6.07) is 0. The summed E-state index contributed by atoms with van der Waals surface area (Å²) in [6.45, 7) is 17.3. The van der Waals surface area contributed by atoms with Crippen LogP contribution in [0.2, 0.25) is 0 Å². The number of hydrogen-bond acceptors (Lipinski definition) is 2. The van der Waals surface area contributed by atoms with Gasteiger partial charge in [0.05, 0.1) is 19.8 Å². The van der Waals surface area contributed by atoms with Crippen LogP contribution in [0.15, 0.2) is 38.0 Å². The van der Waals surface area contributed by atoms with Gasteiger partial charge in [0.1, 0.15) is 13.3 Å². The van der Waals surface area contributed by atoms with Crippen LogP contribution in [0.3, 0.4) is 0 Å². The Hall–Kier alpha value is -0.900. The first-order chi connectivity index (χ1) is 7.26. The van der Waals surface area contributed by atoms with Gasteiger partial charge >= 0.3 is 0 Å². The lowest BCUT2D eigenvalue weighted by atomic mass is 10.3. The first-order valence-corrected chi connectivity index (χ1v) is 5.37. The van der Waals surface area contributed by atoms with Crippen molar-refractivity contribution in [1.29, 1.82) is 0 Å². The molecule has 15 heavy (non-hydrogen) atoms. The maximum absolute atomic E-state index is 3.84. The van der Waals surface area contributed by atoms with Gasteiger partial charge in [-0.25, -0.2) is 4.90 Å². The highest BCUT2D eigenvalue weighted by atomic mass is 15.5. The van der Waals surface area contributed by atoms with Crippen molar-refractivity contribution >= 4 is 0 Å². The molecule has 1 fully saturated rings. The summed E-state index contributed by atoms with van der Waals surface area (Å²) in [6.07, 6.45) is 5.93. The first kappa shape index (κ1) is 12.2. The first-order valence-electron chi connectivity index (χ1n) is 5.37. The zero-order valence-corrected chi connectivity index (χ0v) is 9.49. The average Bonchev–Trinajstić information content (AvgIpc) is 2.19. The van der Waals surface area contributed by atoms with Gasteiger partial charge in [-0.15, -0.1) is 6.58 Å². The fourth-order valence-electron chi connectivity index (χ4n) is 2.14. The highest BCUT2D eigenvalue weighted by Gasteiger charge is 2.30. The molecule has 0 bridgehead atoms. The number of nitrogens with zero attached hydrogens (tertiary/aromatic N) is 2. The van der Waals surface area contributed by atoms with Crippen molar-refractivity contribution in [2.24, 2.45) is 0 Å². The molecule has 0 aliphatic carbocycles. The molecule has 1 aliphatic heterocycles. The van der Waals surface area contributed by atoms with Crippen LogP contribution in [0.5, 0.6) is 0 Å². The summed E-state index contributed by atoms with van der Waals surface area (Å²) in [5.41, 5.74) is 0. The van der Waals surface area contributed by atoms with Crippen LogP contribution in [0.1, 0.15) is 0 Å². The number of rotatable bonds is 6. The molecule has 0 aromatic carbocycles. The van der Waals surface area contributed by atoms with E-state index in [1.165, 1.54) is 0 Å². The smallest absolute Gasteiger partial charge is 0.137 e. The largest absolute Gasteiger partial charge is 0.292 e. The second kappa shape index (κ2) is 5.85. The lowest BCUT2D eigenvalue weighted by Crippen LogP contribution is -2.64. The highest BCUT2D eigenvalue weighted by molar-refractivity contribution is 4.76. The van der Waals surface area contributed by atoms with Crippen molar-refractivity contribution in [3.63, 3.8) is 0 Å². The molecule has 3 heteroatoms. The van der Waals surface area contributed by atoms with Gasteiger partial charge in [0.15, 0.2) is 0 Å². The maximum atomic E-state index is 3.84. The summed E-state index contributed by atoms with van der Waals surface area (Å²) < 4.78 is 0.973. The fourth-order valence-corrected chi connectivity index (χ4v) is 2.14. The van der Waals surface area contributed by atoms with Gasteiger partial charge in [0.25, 0.3) is 0 Å². The van der Waals surface area contributed by atoms with Crippen molar-refractivity contribution in [3.8, 4) is 0 Å². The average molecular weight is 208 g/mol. The molecule has 0 aromatic heterocycles. The Kier molecular flexibility index (Phi) is 4.75. The van der Waals surface area contributed by atoms with E-state index < -0.39 is 0 Å². The second-order valence-corrected chi connectivity index (χ2v) is 4.13. The minimum atomic E-state index is 0.932. The number of nitrogens with one attached hydrogen (secondary N) is 1. The fraction of sp³-hybridized carbons (Fsp3) is 0.500. The van der Waals surface area contributed by atoms with E-state index in [1.54, 1.807) is 0 Å². The minimum Gasteiger partial charge on any atom is -0.292 e. The van der Waals surface area contributed by atoms with Gasteiger partial charge in [0.2, 0.25) is 0 Å². The number of quaternary nitrogens is 1. The molecule has 0 atom stereocenters. The Labute approximate surface area is 93.0 Å². The van der Waals surface area contributed by atoms with Crippen molar-refractivity contribution in [3.05, 3.63) is 38.0 Å². The van der Waals surface area contributed by atoms with Crippen LogP contribution in [0.25, 0.3) is 0 Å². The molecule has 0 saturated carbocycles. The molecule has 0 spiro atoms. The molecule has 0 aromatic rings. The zero-order valence-electron chi connectivity index (χ0n) is 9.49. The summed E-state index contributed by atoms with van der Waals surface area (Å²) >= 11 is 0. The van der Waals surface area contributed by atoms with Crippen LogP contribution in [-0.4, -0.2) is 49.0 Å². The van der Waals surface area contributed by atoms with Crippen molar-refractivity contribution < 1.29 is 4.48 Å². The minimum absolute atomic E-state index is 0.932. The normalized spacial score (nSPS) is 20.8. The molecule has 0 radical (unpaired) electrons. The molecule has 1 saturated heterocycles. The highest BCUT2D eigenvalue weighted by Crippen LogP contribution is 2.11. The van der Waals surface area contributed by atoms with Crippen LogP contribution < -0.4 is 5.32 Å². The molecule has 84 valence electrons. The van der Waals surface area contributed by atoms with Crippen molar-refractivity contribution in [2.45, 2.75) is 0 Å². The summed E-state index contributed by atoms with van der Waals surface area (Å²) in [4.78, 5) is 2.35. The van der Waals surface area contributed by atoms with E-state index in [4.69, 9.17) is 0 Å². The third kappa shape index (κ3) is 3.30. The summed E-state index contributed by atoms with van der Waals surface area (Å²) in [7, 11) is 0. The van der Waals surface area contributed by atoms with E-state index in [1.807, 2.05) is 18.2 Å². The molecule has 3 nitrogen and oxygen atoms in total. The van der Waals surface area contributed by atoms with E-state index in [0.717, 1.165) is 44.1 Å². The third-order valence-corrected chi connectivity index (χ3v) is 2.70. The van der Waals surface area contributed by atoms with Crippen LogP contribution in [0, 0.1) is 0 Å². The summed E-state index contributed by atoms with van der Waals surface area (Å²) in [5.74, 6) is 0. The maximum Gasteiger partial charge on any atom is 0.137 e. The molecule has 0 amide bonds. The molecule has 1 rings (SSSR count). The van der Waals surface area contributed by atoms with Crippen molar-refractivity contribution in [1.82, 2.24) is 10.2 Å². The zero-order chi connectivity index (χ0) is 11.1. The lowest BCUT2D eigenvalue weighted by molar-refractivity contribution is -0.935. The lowest BCUT2D eigenvalue weighted by Gasteiger charge is -2.44. The molecule has 1 aliphatic rings. The van der Waals surface area contributed by atoms with Gasteiger partial charge in [-0.1, -0.05) is 19.2 Å². The Bertz CT molecular complexity index is 225. The Morgan fingerprint density at radius 2 is 1.80 bits per heavy atom.